The number of Topliss-reactive ketones (excluding diaryl/α,β-unsaturated/α-hetero) is 2. The van der Waals surface area contributed by atoms with Crippen molar-refractivity contribution in [3.63, 3.8) is 0 Å². The molecule has 2 aromatic rings. The van der Waals surface area contributed by atoms with E-state index in [9.17, 15) is 53.2 Å². The molecule has 3 aliphatic rings. The number of cyclic esters (lactones) is 2. The molecule has 0 unspecified atom stereocenters. The van der Waals surface area contributed by atoms with Crippen LogP contribution in [0.1, 0.15) is 121 Å². The number of anilines is 2. The lowest BCUT2D eigenvalue weighted by Crippen LogP contribution is -2.36. The molecule has 0 spiro atoms. The molecule has 0 radical (unpaired) electrons. The Balaban J connectivity index is 0.000000310. The molecule has 16 nitrogen and oxygen atoms in total. The minimum Gasteiger partial charge on any atom is -0.507 e. The topological polar surface area (TPSA) is 228 Å². The van der Waals surface area contributed by atoms with Crippen molar-refractivity contribution in [2.45, 2.75) is 137 Å². The van der Waals surface area contributed by atoms with Crippen molar-refractivity contribution >= 4 is 53.1 Å². The fourth-order valence-corrected chi connectivity index (χ4v) is 7.23. The first-order chi connectivity index (χ1) is 31.7. The summed E-state index contributed by atoms with van der Waals surface area (Å²) >= 11 is 0. The van der Waals surface area contributed by atoms with Gasteiger partial charge in [0.2, 0.25) is 11.6 Å². The van der Waals surface area contributed by atoms with Gasteiger partial charge in [-0.2, -0.15) is 0 Å². The number of rotatable bonds is 4. The molecule has 18 heteroatoms. The van der Waals surface area contributed by atoms with Crippen LogP contribution in [0.25, 0.3) is 12.2 Å². The SMILES string of the molecule is CCN(C(=O)OC(C)(C)C)c1cc(O)c2c(c1)/C=C/C[C@@H]1OC(C)(C)O[C@@H]1C(=O)/C(F)=C\[C@@H](C)[C@H](C)OC2=O.CCNc1cc(O)c2c(c1)/C=C/C[C@H](O)[C@H](O)C(=O)/C(F)=C\[C@@H](C)[C@H](C)OC2=O. The summed E-state index contributed by atoms with van der Waals surface area (Å²) in [5, 5.41) is 44.3. The first-order valence-corrected chi connectivity index (χ1v) is 22.5. The van der Waals surface area contributed by atoms with Crippen molar-refractivity contribution in [3.05, 3.63) is 82.5 Å². The van der Waals surface area contributed by atoms with Crippen molar-refractivity contribution < 1.29 is 76.9 Å². The summed E-state index contributed by atoms with van der Waals surface area (Å²) in [5.41, 5.74) is 0.555. The van der Waals surface area contributed by atoms with Gasteiger partial charge in [0.25, 0.3) is 0 Å². The maximum atomic E-state index is 14.9. The number of ether oxygens (including phenoxy) is 5. The number of carbonyl (C=O) groups excluding carboxylic acids is 5. The molecule has 1 saturated heterocycles. The van der Waals surface area contributed by atoms with E-state index in [2.05, 4.69) is 5.32 Å². The summed E-state index contributed by atoms with van der Waals surface area (Å²) in [5.74, 6) is -9.11. The smallest absolute Gasteiger partial charge is 0.414 e. The van der Waals surface area contributed by atoms with Gasteiger partial charge in [0, 0.05) is 42.7 Å². The van der Waals surface area contributed by atoms with Gasteiger partial charge in [-0.1, -0.05) is 38.2 Å². The Morgan fingerprint density at radius 3 is 1.84 bits per heavy atom. The van der Waals surface area contributed by atoms with E-state index >= 15 is 0 Å². The average molecular weight is 955 g/mol. The zero-order chi connectivity index (χ0) is 51.0. The quantitative estimate of drug-likeness (QED) is 0.144. The molecule has 0 saturated carbocycles. The number of carbonyl (C=O) groups is 5. The number of aliphatic hydroxyl groups excluding tert-OH is 2. The minimum absolute atomic E-state index is 0.0745. The fourth-order valence-electron chi connectivity index (χ4n) is 7.23. The van der Waals surface area contributed by atoms with E-state index in [0.717, 1.165) is 12.2 Å². The second kappa shape index (κ2) is 22.9. The van der Waals surface area contributed by atoms with Crippen molar-refractivity contribution in [1.29, 1.82) is 0 Å². The van der Waals surface area contributed by atoms with Gasteiger partial charge in [0.1, 0.15) is 46.5 Å². The first kappa shape index (κ1) is 54.7. The van der Waals surface area contributed by atoms with Gasteiger partial charge >= 0.3 is 18.0 Å². The number of ketones is 2. The minimum atomic E-state index is -1.93. The summed E-state index contributed by atoms with van der Waals surface area (Å²) in [6, 6.07) is 5.89. The zero-order valence-corrected chi connectivity index (χ0v) is 40.3. The predicted octanol–water partition coefficient (Wildman–Crippen LogP) is 8.26. The number of esters is 2. The van der Waals surface area contributed by atoms with Gasteiger partial charge in [-0.25, -0.2) is 23.2 Å². The number of halogens is 2. The number of hydrogen-bond acceptors (Lipinski definition) is 15. The molecular weight excluding hydrogens is 891 g/mol. The van der Waals surface area contributed by atoms with Crippen molar-refractivity contribution in [3.8, 4) is 11.5 Å². The van der Waals surface area contributed by atoms with Gasteiger partial charge in [0.15, 0.2) is 23.5 Å². The van der Waals surface area contributed by atoms with Gasteiger partial charge in [0.05, 0.1) is 17.9 Å². The highest BCUT2D eigenvalue weighted by Crippen LogP contribution is 2.36. The predicted molar refractivity (Wildman–Crippen MR) is 249 cm³/mol. The molecule has 3 aliphatic heterocycles. The normalized spacial score (nSPS) is 28.3. The number of nitrogens with one attached hydrogen (secondary N) is 1. The number of fused-ring (bicyclic) bond motifs is 3. The van der Waals surface area contributed by atoms with E-state index in [0.29, 0.717) is 23.5 Å². The first-order valence-electron chi connectivity index (χ1n) is 22.5. The van der Waals surface area contributed by atoms with E-state index in [1.165, 1.54) is 43.0 Å². The number of benzene rings is 2. The molecule has 5 rings (SSSR count). The van der Waals surface area contributed by atoms with Gasteiger partial charge in [-0.3, -0.25) is 14.5 Å². The van der Waals surface area contributed by atoms with Crippen molar-refractivity contribution in [1.82, 2.24) is 0 Å². The molecule has 68 heavy (non-hydrogen) atoms. The van der Waals surface area contributed by atoms with E-state index in [-0.39, 0.29) is 41.8 Å². The lowest BCUT2D eigenvalue weighted by molar-refractivity contribution is -0.153. The highest BCUT2D eigenvalue weighted by Gasteiger charge is 2.46. The lowest BCUT2D eigenvalue weighted by atomic mass is 9.98. The van der Waals surface area contributed by atoms with E-state index in [4.69, 9.17) is 23.7 Å². The highest BCUT2D eigenvalue weighted by atomic mass is 19.1. The number of amides is 1. The molecule has 1 amide bonds. The summed E-state index contributed by atoms with van der Waals surface area (Å²) in [7, 11) is 0. The summed E-state index contributed by atoms with van der Waals surface area (Å²) in [6.07, 6.45) is 0.375. The van der Waals surface area contributed by atoms with Crippen LogP contribution in [-0.2, 0) is 33.3 Å². The Morgan fingerprint density at radius 2 is 1.31 bits per heavy atom. The monoisotopic (exact) mass is 954 g/mol. The fraction of sp³-hybridized carbons (Fsp3) is 0.500. The molecule has 1 fully saturated rings. The largest absolute Gasteiger partial charge is 0.507 e. The maximum Gasteiger partial charge on any atom is 0.414 e. The number of phenols is 2. The van der Waals surface area contributed by atoms with Crippen LogP contribution in [0.15, 0.2) is 60.2 Å². The van der Waals surface area contributed by atoms with Crippen LogP contribution in [0, 0.1) is 11.8 Å². The van der Waals surface area contributed by atoms with Crippen LogP contribution < -0.4 is 10.2 Å². The van der Waals surface area contributed by atoms with Crippen LogP contribution in [-0.4, -0.2) is 111 Å². The van der Waals surface area contributed by atoms with Crippen molar-refractivity contribution in [2.24, 2.45) is 11.8 Å². The van der Waals surface area contributed by atoms with Crippen LogP contribution in [0.5, 0.6) is 11.5 Å². The van der Waals surface area contributed by atoms with Crippen molar-refractivity contribution in [2.75, 3.05) is 23.3 Å². The maximum absolute atomic E-state index is 14.9. The molecule has 0 bridgehead atoms. The third-order valence-electron chi connectivity index (χ3n) is 11.1. The number of phenolic OH excluding ortho intramolecular Hbond substituents is 2. The molecule has 5 N–H and O–H groups in total. The van der Waals surface area contributed by atoms with Gasteiger partial charge < -0.3 is 49.4 Å². The summed E-state index contributed by atoms with van der Waals surface area (Å²) < 4.78 is 57.1. The van der Waals surface area contributed by atoms with E-state index in [1.807, 2.05) is 6.92 Å². The van der Waals surface area contributed by atoms with E-state index < -0.39 is 107 Å². The second-order valence-electron chi connectivity index (χ2n) is 18.2. The Hall–Kier alpha value is -5.95. The molecular formula is C50H64F2N2O14. The van der Waals surface area contributed by atoms with Crippen LogP contribution in [0.2, 0.25) is 0 Å². The Labute approximate surface area is 395 Å². The average Bonchev–Trinajstić information content (AvgIpc) is 3.54. The molecule has 372 valence electrons. The third kappa shape index (κ3) is 14.1. The van der Waals surface area contributed by atoms with E-state index in [1.54, 1.807) is 79.7 Å². The molecule has 8 atom stereocenters. The lowest BCUT2D eigenvalue weighted by Gasteiger charge is -2.27. The van der Waals surface area contributed by atoms with Gasteiger partial charge in [-0.15, -0.1) is 0 Å². The highest BCUT2D eigenvalue weighted by molar-refractivity contribution is 6.00. The zero-order valence-electron chi connectivity index (χ0n) is 40.3. The standard InChI is InChI=1S/C29H38FNO8.C21H26FNO6/c1-9-31(27(35)39-28(4,5)6)19-14-18-11-10-12-22-25(38-29(7,8)37-22)24(33)20(30)13-16(2)17(3)36-26(34)23(18)21(32)15-19;1-4-23-14-9-13-6-5-7-16(24)20(27)19(26)15(22)8-11(2)12(3)29-21(28)18(13)17(25)10-14/h10-11,13-17,22,25,32H,9,12H2,1-8H3;5-6,8-12,16,20,23-25,27H,4,7H2,1-3H3/b11-10+,20-13+;6-5+,15-8+/t16-,17+,22+,25+;11-,12+,16+,20+/m11/s1. The molecule has 0 aliphatic carbocycles. The number of nitrogens with zero attached hydrogens (tertiary/aromatic N) is 1. The Bertz CT molecular complexity index is 2330. The van der Waals surface area contributed by atoms with Crippen LogP contribution in [0.3, 0.4) is 0 Å². The van der Waals surface area contributed by atoms with Crippen LogP contribution in [0.4, 0.5) is 25.0 Å². The third-order valence-corrected chi connectivity index (χ3v) is 11.1. The molecule has 0 aromatic heterocycles. The van der Waals surface area contributed by atoms with Gasteiger partial charge in [-0.05, 0) is 111 Å². The Morgan fingerprint density at radius 1 is 0.794 bits per heavy atom. The number of aliphatic hydroxyl groups is 2. The van der Waals surface area contributed by atoms with Crippen LogP contribution >= 0.6 is 0 Å². The molecule has 3 heterocycles. The number of hydrogen-bond donors (Lipinski definition) is 5. The Kier molecular flexibility index (Phi) is 18.4. The number of aromatic hydroxyl groups is 2. The molecule has 2 aromatic carbocycles. The second-order valence-corrected chi connectivity index (χ2v) is 18.2. The summed E-state index contributed by atoms with van der Waals surface area (Å²) in [6.45, 7) is 19.2. The summed E-state index contributed by atoms with van der Waals surface area (Å²) in [4.78, 5) is 64.9.